The summed E-state index contributed by atoms with van der Waals surface area (Å²) in [7, 11) is -3.75. The van der Waals surface area contributed by atoms with Gasteiger partial charge in [-0.3, -0.25) is 0 Å². The lowest BCUT2D eigenvalue weighted by Crippen LogP contribution is -2.11. The highest BCUT2D eigenvalue weighted by molar-refractivity contribution is 7.91. The summed E-state index contributed by atoms with van der Waals surface area (Å²) in [6, 6.07) is 3.68. The highest BCUT2D eigenvalue weighted by Crippen LogP contribution is 2.30. The molecule has 0 aliphatic rings. The van der Waals surface area contributed by atoms with Gasteiger partial charge in [-0.1, -0.05) is 6.07 Å². The van der Waals surface area contributed by atoms with Crippen LogP contribution in [0, 0.1) is 0 Å². The summed E-state index contributed by atoms with van der Waals surface area (Å²) in [4.78, 5) is -0.340. The summed E-state index contributed by atoms with van der Waals surface area (Å²) >= 11 is 0. The second-order valence-corrected chi connectivity index (χ2v) is 6.44. The molecule has 0 aromatic heterocycles. The highest BCUT2D eigenvalue weighted by Gasteiger charge is 2.31. The Bertz CT molecular complexity index is 521. The van der Waals surface area contributed by atoms with E-state index in [9.17, 15) is 21.6 Å². The van der Waals surface area contributed by atoms with Gasteiger partial charge in [0.2, 0.25) is 0 Å². The van der Waals surface area contributed by atoms with Crippen molar-refractivity contribution in [2.45, 2.75) is 36.9 Å². The second-order valence-electron chi connectivity index (χ2n) is 4.34. The molecule has 108 valence electrons. The van der Waals surface area contributed by atoms with Gasteiger partial charge in [-0.2, -0.15) is 13.2 Å². The van der Waals surface area contributed by atoms with Crippen molar-refractivity contribution in [2.24, 2.45) is 0 Å². The van der Waals surface area contributed by atoms with Crippen LogP contribution in [0.15, 0.2) is 29.2 Å². The van der Waals surface area contributed by atoms with E-state index in [2.05, 4.69) is 0 Å². The first-order valence-corrected chi connectivity index (χ1v) is 7.36. The van der Waals surface area contributed by atoms with Crippen molar-refractivity contribution >= 4 is 9.84 Å². The first-order chi connectivity index (χ1) is 8.63. The molecular weight excluding hydrogens is 281 g/mol. The molecular formula is C12H15F3O3S. The van der Waals surface area contributed by atoms with Gasteiger partial charge in [0.25, 0.3) is 0 Å². The van der Waals surface area contributed by atoms with Crippen LogP contribution >= 0.6 is 0 Å². The van der Waals surface area contributed by atoms with E-state index in [1.807, 2.05) is 0 Å². The van der Waals surface area contributed by atoms with Crippen LogP contribution in [0.25, 0.3) is 0 Å². The number of halogens is 3. The summed E-state index contributed by atoms with van der Waals surface area (Å²) in [5.41, 5.74) is -0.982. The molecule has 0 radical (unpaired) electrons. The smallest absolute Gasteiger partial charge is 0.393 e. The monoisotopic (exact) mass is 296 g/mol. The zero-order chi connectivity index (χ0) is 14.7. The van der Waals surface area contributed by atoms with Crippen LogP contribution in [0.5, 0.6) is 0 Å². The largest absolute Gasteiger partial charge is 0.416 e. The van der Waals surface area contributed by atoms with Gasteiger partial charge in [0, 0.05) is 0 Å². The molecule has 1 rings (SSSR count). The van der Waals surface area contributed by atoms with Crippen LogP contribution in [-0.4, -0.2) is 25.4 Å². The number of hydrogen-bond donors (Lipinski definition) is 1. The lowest BCUT2D eigenvalue weighted by Gasteiger charge is -2.09. The maximum Gasteiger partial charge on any atom is 0.416 e. The average Bonchev–Trinajstić information content (AvgIpc) is 2.27. The SMILES string of the molecule is CC(O)CCCS(=O)(=O)c1cccc(C(F)(F)F)c1. The van der Waals surface area contributed by atoms with Crippen molar-refractivity contribution in [2.75, 3.05) is 5.75 Å². The molecule has 19 heavy (non-hydrogen) atoms. The molecule has 0 fully saturated rings. The van der Waals surface area contributed by atoms with Gasteiger partial charge in [-0.05, 0) is 38.0 Å². The van der Waals surface area contributed by atoms with Crippen molar-refractivity contribution < 1.29 is 26.7 Å². The number of sulfone groups is 1. The van der Waals surface area contributed by atoms with Crippen molar-refractivity contribution in [3.8, 4) is 0 Å². The Kier molecular flexibility index (Phi) is 4.98. The van der Waals surface area contributed by atoms with E-state index in [0.29, 0.717) is 6.07 Å². The highest BCUT2D eigenvalue weighted by atomic mass is 32.2. The number of alkyl halides is 3. The Hall–Kier alpha value is -1.08. The Labute approximate surface area is 110 Å². The van der Waals surface area contributed by atoms with E-state index in [-0.39, 0.29) is 23.5 Å². The van der Waals surface area contributed by atoms with Crippen LogP contribution in [0.2, 0.25) is 0 Å². The van der Waals surface area contributed by atoms with Crippen LogP contribution in [0.1, 0.15) is 25.3 Å². The predicted octanol–water partition coefficient (Wildman–Crippen LogP) is 2.64. The summed E-state index contributed by atoms with van der Waals surface area (Å²) in [6.07, 6.45) is -4.70. The molecule has 0 spiro atoms. The average molecular weight is 296 g/mol. The van der Waals surface area contributed by atoms with Gasteiger partial charge in [-0.25, -0.2) is 8.42 Å². The third-order valence-corrected chi connectivity index (χ3v) is 4.35. The molecule has 0 saturated heterocycles. The zero-order valence-corrected chi connectivity index (χ0v) is 11.1. The first-order valence-electron chi connectivity index (χ1n) is 5.71. The molecule has 0 aliphatic heterocycles. The van der Waals surface area contributed by atoms with Gasteiger partial charge in [-0.15, -0.1) is 0 Å². The fourth-order valence-corrected chi connectivity index (χ4v) is 2.93. The Balaban J connectivity index is 2.90. The minimum atomic E-state index is -4.56. The van der Waals surface area contributed by atoms with Gasteiger partial charge in [0.05, 0.1) is 22.3 Å². The standard InChI is InChI=1S/C12H15F3O3S/c1-9(16)4-3-7-19(17,18)11-6-2-5-10(8-11)12(13,14)15/h2,5-6,8-9,16H,3-4,7H2,1H3. The number of benzene rings is 1. The molecule has 0 saturated carbocycles. The molecule has 3 nitrogen and oxygen atoms in total. The molecule has 1 atom stereocenters. The Morgan fingerprint density at radius 1 is 1.32 bits per heavy atom. The van der Waals surface area contributed by atoms with E-state index < -0.39 is 27.7 Å². The van der Waals surface area contributed by atoms with E-state index in [1.54, 1.807) is 0 Å². The molecule has 0 heterocycles. The molecule has 0 amide bonds. The molecule has 0 aliphatic carbocycles. The van der Waals surface area contributed by atoms with Gasteiger partial charge in [0.1, 0.15) is 0 Å². The van der Waals surface area contributed by atoms with Crippen molar-refractivity contribution in [3.63, 3.8) is 0 Å². The molecule has 1 N–H and O–H groups in total. The van der Waals surface area contributed by atoms with Crippen LogP contribution in [-0.2, 0) is 16.0 Å². The van der Waals surface area contributed by atoms with Crippen molar-refractivity contribution in [1.82, 2.24) is 0 Å². The summed E-state index contributed by atoms with van der Waals surface area (Å²) in [6.45, 7) is 1.52. The van der Waals surface area contributed by atoms with Gasteiger partial charge in [0.15, 0.2) is 9.84 Å². The second kappa shape index (κ2) is 5.92. The fourth-order valence-electron chi connectivity index (χ4n) is 1.55. The van der Waals surface area contributed by atoms with Crippen LogP contribution in [0.3, 0.4) is 0 Å². The molecule has 1 unspecified atom stereocenters. The van der Waals surface area contributed by atoms with Gasteiger partial charge >= 0.3 is 6.18 Å². The maximum absolute atomic E-state index is 12.5. The van der Waals surface area contributed by atoms with E-state index >= 15 is 0 Å². The van der Waals surface area contributed by atoms with Crippen molar-refractivity contribution in [3.05, 3.63) is 29.8 Å². The lowest BCUT2D eigenvalue weighted by atomic mass is 10.2. The number of aliphatic hydroxyl groups excluding tert-OH is 1. The Morgan fingerprint density at radius 2 is 1.95 bits per heavy atom. The number of aliphatic hydroxyl groups is 1. The van der Waals surface area contributed by atoms with E-state index in [1.165, 1.54) is 6.92 Å². The third-order valence-electron chi connectivity index (χ3n) is 2.56. The van der Waals surface area contributed by atoms with Gasteiger partial charge < -0.3 is 5.11 Å². The summed E-state index contributed by atoms with van der Waals surface area (Å²) in [5, 5.41) is 9.03. The summed E-state index contributed by atoms with van der Waals surface area (Å²) < 4.78 is 61.1. The zero-order valence-electron chi connectivity index (χ0n) is 10.3. The molecule has 7 heteroatoms. The summed E-state index contributed by atoms with van der Waals surface area (Å²) in [5.74, 6) is -0.279. The fraction of sp³-hybridized carbons (Fsp3) is 0.500. The minimum absolute atomic E-state index is 0.205. The topological polar surface area (TPSA) is 54.4 Å². The van der Waals surface area contributed by atoms with E-state index in [0.717, 1.165) is 18.2 Å². The van der Waals surface area contributed by atoms with Crippen LogP contribution in [0.4, 0.5) is 13.2 Å². The minimum Gasteiger partial charge on any atom is -0.393 e. The Morgan fingerprint density at radius 3 is 2.47 bits per heavy atom. The maximum atomic E-state index is 12.5. The molecule has 1 aromatic carbocycles. The van der Waals surface area contributed by atoms with Crippen LogP contribution < -0.4 is 0 Å². The van der Waals surface area contributed by atoms with E-state index in [4.69, 9.17) is 5.11 Å². The lowest BCUT2D eigenvalue weighted by molar-refractivity contribution is -0.137. The van der Waals surface area contributed by atoms with Crippen molar-refractivity contribution in [1.29, 1.82) is 0 Å². The molecule has 0 bridgehead atoms. The first kappa shape index (κ1) is 16.0. The number of rotatable bonds is 5. The third kappa shape index (κ3) is 4.83. The number of hydrogen-bond acceptors (Lipinski definition) is 3. The predicted molar refractivity (Wildman–Crippen MR) is 64.4 cm³/mol. The quantitative estimate of drug-likeness (QED) is 0.909. The normalized spacial score (nSPS) is 14.4. The molecule has 1 aromatic rings.